The summed E-state index contributed by atoms with van der Waals surface area (Å²) in [6.45, 7) is -0.0997. The predicted octanol–water partition coefficient (Wildman–Crippen LogP) is 0.180. The maximum absolute atomic E-state index is 12.4. The number of likely N-dealkylation sites (N-methyl/N-ethyl adjacent to an activating group) is 2. The van der Waals surface area contributed by atoms with Crippen LogP contribution >= 0.6 is 0 Å². The Hall–Kier alpha value is -3.69. The van der Waals surface area contributed by atoms with Gasteiger partial charge in [0.25, 0.3) is 11.8 Å². The highest BCUT2D eigenvalue weighted by Crippen LogP contribution is 2.24. The van der Waals surface area contributed by atoms with E-state index >= 15 is 0 Å². The van der Waals surface area contributed by atoms with Crippen molar-refractivity contribution in [2.24, 2.45) is 10.1 Å². The quantitative estimate of drug-likeness (QED) is 0.581. The molecule has 1 fully saturated rings. The number of hydrogen-bond acceptors (Lipinski definition) is 6. The van der Waals surface area contributed by atoms with Gasteiger partial charge >= 0.3 is 6.03 Å². The molecule has 0 radical (unpaired) electrons. The van der Waals surface area contributed by atoms with Crippen LogP contribution in [0.5, 0.6) is 0 Å². The van der Waals surface area contributed by atoms with E-state index in [-0.39, 0.29) is 12.5 Å². The molecule has 1 aromatic carbocycles. The minimum absolute atomic E-state index is 0.0997. The number of nitrogens with one attached hydrogen (secondary N) is 2. The highest BCUT2D eigenvalue weighted by atomic mass is 16.2. The number of aromatic amines is 1. The van der Waals surface area contributed by atoms with Gasteiger partial charge in [0.1, 0.15) is 6.54 Å². The zero-order chi connectivity index (χ0) is 19.8. The van der Waals surface area contributed by atoms with Crippen LogP contribution in [0.15, 0.2) is 40.6 Å². The largest absolute Gasteiger partial charge is 0.361 e. The summed E-state index contributed by atoms with van der Waals surface area (Å²) in [6, 6.07) is 6.64. The zero-order valence-electron chi connectivity index (χ0n) is 15.4. The average Bonchev–Trinajstić information content (AvgIpc) is 3.29. The first-order valence-electron chi connectivity index (χ1n) is 8.69. The van der Waals surface area contributed by atoms with Crippen LogP contribution in [-0.2, 0) is 9.59 Å². The van der Waals surface area contributed by atoms with E-state index in [1.807, 2.05) is 24.3 Å². The molecule has 144 valence electrons. The van der Waals surface area contributed by atoms with Crippen LogP contribution in [0, 0.1) is 0 Å². The number of nitrogens with zero attached hydrogens (tertiary/aromatic N) is 5. The van der Waals surface area contributed by atoms with Gasteiger partial charge in [-0.1, -0.05) is 18.2 Å². The summed E-state index contributed by atoms with van der Waals surface area (Å²) in [7, 11) is 2.99. The van der Waals surface area contributed by atoms with Crippen molar-refractivity contribution in [3.8, 4) is 0 Å². The highest BCUT2D eigenvalue weighted by molar-refractivity contribution is 6.02. The summed E-state index contributed by atoms with van der Waals surface area (Å²) in [5.74, 6) is -0.779. The molecule has 0 spiro atoms. The summed E-state index contributed by atoms with van der Waals surface area (Å²) in [5.41, 5.74) is 4.29. The molecular formula is C18H19N7O3. The van der Waals surface area contributed by atoms with Gasteiger partial charge < -0.3 is 14.8 Å². The number of carbonyl (C=O) groups excluding carboxylic acids is 3. The molecule has 2 atom stereocenters. The van der Waals surface area contributed by atoms with E-state index in [1.165, 1.54) is 23.2 Å². The molecule has 1 aromatic heterocycles. The molecule has 1 saturated heterocycles. The van der Waals surface area contributed by atoms with Crippen molar-refractivity contribution in [3.63, 3.8) is 0 Å². The number of aliphatic imine (C=N–C) groups is 1. The van der Waals surface area contributed by atoms with Gasteiger partial charge in [0, 0.05) is 36.8 Å². The van der Waals surface area contributed by atoms with Crippen molar-refractivity contribution in [1.82, 2.24) is 25.1 Å². The third kappa shape index (κ3) is 2.88. The Bertz CT molecular complexity index is 1010. The number of rotatable bonds is 4. The van der Waals surface area contributed by atoms with Crippen LogP contribution in [0.25, 0.3) is 10.9 Å². The minimum atomic E-state index is -0.712. The van der Waals surface area contributed by atoms with Gasteiger partial charge in [-0.15, -0.1) is 0 Å². The van der Waals surface area contributed by atoms with Crippen molar-refractivity contribution in [1.29, 1.82) is 0 Å². The topological polar surface area (TPSA) is 113 Å². The molecule has 4 rings (SSSR count). The van der Waals surface area contributed by atoms with Gasteiger partial charge in [-0.25, -0.2) is 15.2 Å². The summed E-state index contributed by atoms with van der Waals surface area (Å²) >= 11 is 0. The van der Waals surface area contributed by atoms with Crippen LogP contribution in [0.3, 0.4) is 0 Å². The van der Waals surface area contributed by atoms with Gasteiger partial charge in [-0.2, -0.15) is 5.10 Å². The predicted molar refractivity (Wildman–Crippen MR) is 103 cm³/mol. The molecule has 10 heteroatoms. The standard InChI is InChI=1S/C18H19N7O3/c1-23-16-15(17(27)24(2)18(23)28)25(10-20-16)9-14(26)22-21-8-11-7-19-13-6-4-3-5-12(11)13/h3-8,10,15-16,19H,9H2,1-2H3,(H,22,26)/b21-8+. The smallest absolute Gasteiger partial charge is 0.328 e. The third-order valence-electron chi connectivity index (χ3n) is 4.92. The molecule has 3 heterocycles. The summed E-state index contributed by atoms with van der Waals surface area (Å²) < 4.78 is 0. The lowest BCUT2D eigenvalue weighted by molar-refractivity contribution is -0.136. The first-order chi connectivity index (χ1) is 13.5. The number of imide groups is 1. The number of H-pyrrole nitrogens is 1. The summed E-state index contributed by atoms with van der Waals surface area (Å²) in [5, 5.41) is 4.99. The second-order valence-corrected chi connectivity index (χ2v) is 6.67. The Kier molecular flexibility index (Phi) is 4.30. The molecule has 0 saturated carbocycles. The van der Waals surface area contributed by atoms with Crippen molar-refractivity contribution >= 4 is 41.3 Å². The average molecular weight is 381 g/mol. The lowest BCUT2D eigenvalue weighted by Crippen LogP contribution is -2.64. The van der Waals surface area contributed by atoms with Gasteiger partial charge in [0.05, 0.1) is 12.6 Å². The van der Waals surface area contributed by atoms with Gasteiger partial charge in [0.2, 0.25) is 0 Å². The number of aromatic nitrogens is 1. The van der Waals surface area contributed by atoms with Crippen molar-refractivity contribution in [2.75, 3.05) is 20.6 Å². The number of fused-ring (bicyclic) bond motifs is 2. The van der Waals surface area contributed by atoms with E-state index in [4.69, 9.17) is 0 Å². The van der Waals surface area contributed by atoms with Crippen LogP contribution in [0.4, 0.5) is 4.79 Å². The fraction of sp³-hybridized carbons (Fsp3) is 0.278. The Labute approximate surface area is 160 Å². The minimum Gasteiger partial charge on any atom is -0.361 e. The van der Waals surface area contributed by atoms with Crippen LogP contribution in [0.2, 0.25) is 0 Å². The first kappa shape index (κ1) is 17.7. The maximum atomic E-state index is 12.4. The number of benzene rings is 1. The fourth-order valence-corrected chi connectivity index (χ4v) is 3.42. The van der Waals surface area contributed by atoms with Crippen LogP contribution < -0.4 is 5.43 Å². The van der Waals surface area contributed by atoms with E-state index < -0.39 is 24.1 Å². The number of hydrogen-bond donors (Lipinski definition) is 2. The van der Waals surface area contributed by atoms with E-state index in [2.05, 4.69) is 20.5 Å². The Morgan fingerprint density at radius 3 is 2.93 bits per heavy atom. The lowest BCUT2D eigenvalue weighted by atomic mass is 10.1. The monoisotopic (exact) mass is 381 g/mol. The Morgan fingerprint density at radius 1 is 1.32 bits per heavy atom. The van der Waals surface area contributed by atoms with Crippen LogP contribution in [0.1, 0.15) is 5.56 Å². The van der Waals surface area contributed by atoms with Gasteiger partial charge in [0.15, 0.2) is 12.2 Å². The molecule has 2 N–H and O–H groups in total. The second-order valence-electron chi connectivity index (χ2n) is 6.67. The third-order valence-corrected chi connectivity index (χ3v) is 4.92. The maximum Gasteiger partial charge on any atom is 0.328 e. The fourth-order valence-electron chi connectivity index (χ4n) is 3.42. The van der Waals surface area contributed by atoms with Crippen molar-refractivity contribution in [3.05, 3.63) is 36.0 Å². The molecule has 2 unspecified atom stereocenters. The number of amides is 4. The van der Waals surface area contributed by atoms with Crippen LogP contribution in [-0.4, -0.2) is 82.9 Å². The molecule has 0 bridgehead atoms. The molecule has 2 aliphatic heterocycles. The second kappa shape index (κ2) is 6.80. The molecule has 2 aromatic rings. The molecule has 4 amide bonds. The number of carbonyl (C=O) groups is 3. The van der Waals surface area contributed by atoms with E-state index in [0.717, 1.165) is 21.4 Å². The normalized spacial score (nSPS) is 21.9. The van der Waals surface area contributed by atoms with E-state index in [9.17, 15) is 14.4 Å². The first-order valence-corrected chi connectivity index (χ1v) is 8.69. The van der Waals surface area contributed by atoms with Gasteiger partial charge in [-0.3, -0.25) is 14.5 Å². The molecule has 28 heavy (non-hydrogen) atoms. The number of para-hydroxylation sites is 1. The van der Waals surface area contributed by atoms with Crippen molar-refractivity contribution < 1.29 is 14.4 Å². The molecular weight excluding hydrogens is 362 g/mol. The number of hydrazone groups is 1. The molecule has 2 aliphatic rings. The Balaban J connectivity index is 1.40. The van der Waals surface area contributed by atoms with Crippen molar-refractivity contribution in [2.45, 2.75) is 12.2 Å². The molecule has 0 aliphatic carbocycles. The number of urea groups is 1. The lowest BCUT2D eigenvalue weighted by Gasteiger charge is -2.39. The highest BCUT2D eigenvalue weighted by Gasteiger charge is 2.48. The van der Waals surface area contributed by atoms with Gasteiger partial charge in [-0.05, 0) is 6.07 Å². The van der Waals surface area contributed by atoms with E-state index in [0.29, 0.717) is 0 Å². The SMILES string of the molecule is CN1C(=O)C2C(N=CN2CC(=O)N/N=C/c2c[nH]c3ccccc23)N(C)C1=O. The zero-order valence-corrected chi connectivity index (χ0v) is 15.4. The molecule has 10 nitrogen and oxygen atoms in total. The Morgan fingerprint density at radius 2 is 2.11 bits per heavy atom. The summed E-state index contributed by atoms with van der Waals surface area (Å²) in [4.78, 5) is 48.0. The van der Waals surface area contributed by atoms with E-state index in [1.54, 1.807) is 19.5 Å². The summed E-state index contributed by atoms with van der Waals surface area (Å²) in [6.07, 6.45) is 4.17.